The number of pyridine rings is 1. The van der Waals surface area contributed by atoms with Gasteiger partial charge in [-0.05, 0) is 43.3 Å². The molecule has 0 amide bonds. The Balaban J connectivity index is 2.08. The first-order valence-corrected chi connectivity index (χ1v) is 6.47. The summed E-state index contributed by atoms with van der Waals surface area (Å²) in [6.45, 7) is 3.03. The normalized spacial score (nSPS) is 11.3. The predicted molar refractivity (Wildman–Crippen MR) is 80.9 cm³/mol. The lowest BCUT2D eigenvalue weighted by molar-refractivity contribution is 1.03. The van der Waals surface area contributed by atoms with Crippen LogP contribution in [0, 0.1) is 0 Å². The quantitative estimate of drug-likeness (QED) is 0.684. The van der Waals surface area contributed by atoms with E-state index in [1.54, 1.807) is 6.20 Å². The highest BCUT2D eigenvalue weighted by atomic mass is 15.1. The van der Waals surface area contributed by atoms with Crippen LogP contribution < -0.4 is 4.90 Å². The lowest BCUT2D eigenvalue weighted by atomic mass is 10.1. The second-order valence-corrected chi connectivity index (χ2v) is 4.39. The van der Waals surface area contributed by atoms with Crippen LogP contribution in [0.2, 0.25) is 0 Å². The number of para-hydroxylation sites is 1. The van der Waals surface area contributed by atoms with E-state index in [2.05, 4.69) is 41.1 Å². The molecule has 3 aromatic rings. The summed E-state index contributed by atoms with van der Waals surface area (Å²) in [4.78, 5) is 6.52. The number of nitrogens with zero attached hydrogens (tertiary/aromatic N) is 2. The minimum absolute atomic E-state index is 0.442. The molecule has 0 bridgehead atoms. The molecule has 0 unspecified atom stereocenters. The third kappa shape index (κ3) is 2.29. The van der Waals surface area contributed by atoms with Gasteiger partial charge in [0.05, 0.1) is 6.89 Å². The van der Waals surface area contributed by atoms with Crippen molar-refractivity contribution in [3.8, 4) is 0 Å². The first-order valence-electron chi connectivity index (χ1n) is 6.97. The van der Waals surface area contributed by atoms with Gasteiger partial charge in [-0.2, -0.15) is 0 Å². The van der Waals surface area contributed by atoms with Crippen molar-refractivity contribution in [1.29, 1.82) is 0 Å². The van der Waals surface area contributed by atoms with Gasteiger partial charge in [0, 0.05) is 29.5 Å². The molecule has 19 heavy (non-hydrogen) atoms. The number of hydrogen-bond acceptors (Lipinski definition) is 2. The number of fused-ring (bicyclic) bond motifs is 1. The van der Waals surface area contributed by atoms with E-state index in [1.807, 2.05) is 30.3 Å². The molecule has 0 fully saturated rings. The third-order valence-electron chi connectivity index (χ3n) is 3.22. The van der Waals surface area contributed by atoms with Crippen molar-refractivity contribution in [2.24, 2.45) is 0 Å². The molecule has 2 nitrogen and oxygen atoms in total. The van der Waals surface area contributed by atoms with E-state index in [1.165, 1.54) is 5.69 Å². The van der Waals surface area contributed by atoms with Crippen LogP contribution in [0.4, 0.5) is 11.4 Å². The molecular weight excluding hydrogens is 232 g/mol. The standard InChI is InChI=1S/C17H16N2/c1-2-19(15-8-4-3-5-9-15)16-10-11-17-14(13-16)7-6-12-18-17/h3-13H,2H2,1H3/i6D. The molecule has 2 heteroatoms. The van der Waals surface area contributed by atoms with Crippen molar-refractivity contribution in [2.45, 2.75) is 6.92 Å². The highest BCUT2D eigenvalue weighted by molar-refractivity contribution is 5.83. The molecule has 0 radical (unpaired) electrons. The van der Waals surface area contributed by atoms with Crippen molar-refractivity contribution in [2.75, 3.05) is 11.4 Å². The number of hydrogen-bond donors (Lipinski definition) is 0. The molecule has 0 aliphatic carbocycles. The van der Waals surface area contributed by atoms with Gasteiger partial charge in [0.25, 0.3) is 0 Å². The van der Waals surface area contributed by atoms with Crippen LogP contribution in [0.25, 0.3) is 10.9 Å². The van der Waals surface area contributed by atoms with Gasteiger partial charge in [-0.1, -0.05) is 24.3 Å². The second kappa shape index (κ2) is 5.11. The van der Waals surface area contributed by atoms with Gasteiger partial charge in [-0.25, -0.2) is 0 Å². The van der Waals surface area contributed by atoms with Crippen LogP contribution in [0.5, 0.6) is 0 Å². The number of anilines is 2. The van der Waals surface area contributed by atoms with Crippen LogP contribution >= 0.6 is 0 Å². The van der Waals surface area contributed by atoms with Gasteiger partial charge in [-0.3, -0.25) is 4.98 Å². The molecule has 94 valence electrons. The predicted octanol–water partition coefficient (Wildman–Crippen LogP) is 4.39. The third-order valence-corrected chi connectivity index (χ3v) is 3.22. The molecule has 1 heterocycles. The van der Waals surface area contributed by atoms with Crippen LogP contribution in [0.15, 0.2) is 66.8 Å². The Morgan fingerprint density at radius 3 is 2.68 bits per heavy atom. The zero-order chi connectivity index (χ0) is 13.9. The minimum Gasteiger partial charge on any atom is -0.342 e. The Hall–Kier alpha value is -2.35. The van der Waals surface area contributed by atoms with Gasteiger partial charge < -0.3 is 4.90 Å². The fraction of sp³-hybridized carbons (Fsp3) is 0.118. The summed E-state index contributed by atoms with van der Waals surface area (Å²) in [5.41, 5.74) is 3.22. The van der Waals surface area contributed by atoms with Gasteiger partial charge in [0.15, 0.2) is 0 Å². The number of benzene rings is 2. The van der Waals surface area contributed by atoms with E-state index in [0.717, 1.165) is 23.1 Å². The van der Waals surface area contributed by atoms with Crippen LogP contribution in [0.1, 0.15) is 8.29 Å². The monoisotopic (exact) mass is 249 g/mol. The molecule has 3 rings (SSSR count). The van der Waals surface area contributed by atoms with E-state index in [4.69, 9.17) is 1.37 Å². The van der Waals surface area contributed by atoms with Crippen LogP contribution in [0.3, 0.4) is 0 Å². The van der Waals surface area contributed by atoms with Crippen LogP contribution in [-0.2, 0) is 0 Å². The molecule has 0 N–H and O–H groups in total. The minimum atomic E-state index is 0.442. The summed E-state index contributed by atoms with van der Waals surface area (Å²) in [6, 6.07) is 18.8. The molecule has 0 spiro atoms. The molecule has 0 saturated carbocycles. The van der Waals surface area contributed by atoms with Crippen molar-refractivity contribution < 1.29 is 1.37 Å². The van der Waals surface area contributed by atoms with E-state index < -0.39 is 0 Å². The summed E-state index contributed by atoms with van der Waals surface area (Å²) in [5, 5.41) is 1.00. The maximum atomic E-state index is 7.69. The summed E-state index contributed by atoms with van der Waals surface area (Å²) in [6.07, 6.45) is 1.58. The maximum absolute atomic E-state index is 7.69. The van der Waals surface area contributed by atoms with Crippen molar-refractivity contribution in [1.82, 2.24) is 4.98 Å². The highest BCUT2D eigenvalue weighted by Crippen LogP contribution is 2.27. The first kappa shape index (κ1) is 10.6. The Morgan fingerprint density at radius 2 is 1.89 bits per heavy atom. The Kier molecular flexibility index (Phi) is 2.84. The van der Waals surface area contributed by atoms with Gasteiger partial charge in [-0.15, -0.1) is 0 Å². The zero-order valence-corrected chi connectivity index (χ0v) is 10.9. The smallest absolute Gasteiger partial charge is 0.0703 e. The molecule has 0 aliphatic heterocycles. The molecule has 0 atom stereocenters. The summed E-state index contributed by atoms with van der Waals surface area (Å²) in [7, 11) is 0. The van der Waals surface area contributed by atoms with E-state index in [-0.39, 0.29) is 0 Å². The average Bonchev–Trinajstić information content (AvgIpc) is 2.49. The fourth-order valence-electron chi connectivity index (χ4n) is 2.30. The summed E-state index contributed by atoms with van der Waals surface area (Å²) < 4.78 is 7.69. The largest absolute Gasteiger partial charge is 0.342 e. The zero-order valence-electron chi connectivity index (χ0n) is 11.9. The van der Waals surface area contributed by atoms with Gasteiger partial charge in [0.1, 0.15) is 0 Å². The van der Waals surface area contributed by atoms with Crippen molar-refractivity contribution in [3.05, 3.63) is 66.8 Å². The second-order valence-electron chi connectivity index (χ2n) is 4.39. The Labute approximate surface area is 114 Å². The summed E-state index contributed by atoms with van der Waals surface area (Å²) >= 11 is 0. The van der Waals surface area contributed by atoms with Crippen molar-refractivity contribution >= 4 is 22.3 Å². The molecule has 0 aliphatic rings. The van der Waals surface area contributed by atoms with E-state index in [9.17, 15) is 0 Å². The molecule has 1 aromatic heterocycles. The fourth-order valence-corrected chi connectivity index (χ4v) is 2.30. The highest BCUT2D eigenvalue weighted by Gasteiger charge is 2.07. The summed E-state index contributed by atoms with van der Waals surface area (Å²) in [5.74, 6) is 0. The van der Waals surface area contributed by atoms with E-state index in [0.29, 0.717) is 6.04 Å². The SMILES string of the molecule is [2H]c1cnc2ccc(N(CC)c3ccccc3)cc2c1. The average molecular weight is 249 g/mol. The molecule has 0 saturated heterocycles. The van der Waals surface area contributed by atoms with Crippen molar-refractivity contribution in [3.63, 3.8) is 0 Å². The lowest BCUT2D eigenvalue weighted by Gasteiger charge is -2.23. The van der Waals surface area contributed by atoms with Gasteiger partial charge >= 0.3 is 0 Å². The molecule has 2 aromatic carbocycles. The number of aromatic nitrogens is 1. The van der Waals surface area contributed by atoms with Gasteiger partial charge in [0.2, 0.25) is 0 Å². The number of rotatable bonds is 3. The van der Waals surface area contributed by atoms with Crippen LogP contribution in [-0.4, -0.2) is 11.5 Å². The maximum Gasteiger partial charge on any atom is 0.0703 e. The lowest BCUT2D eigenvalue weighted by Crippen LogP contribution is -2.15. The topological polar surface area (TPSA) is 16.1 Å². The molecular formula is C17H16N2. The Morgan fingerprint density at radius 1 is 1.05 bits per heavy atom. The first-order chi connectivity index (χ1) is 9.78. The van der Waals surface area contributed by atoms with E-state index >= 15 is 0 Å². The Bertz CT molecular complexity index is 725.